The summed E-state index contributed by atoms with van der Waals surface area (Å²) in [6, 6.07) is 6.52. The number of likely N-dealkylation sites (tertiary alicyclic amines) is 1. The number of carbonyl (C=O) groups is 1. The van der Waals surface area contributed by atoms with Crippen molar-refractivity contribution in [2.75, 3.05) is 13.7 Å². The number of methoxy groups -OCH3 is 1. The van der Waals surface area contributed by atoms with E-state index in [0.29, 0.717) is 5.91 Å². The van der Waals surface area contributed by atoms with E-state index >= 15 is 0 Å². The normalized spacial score (nSPS) is 23.0. The van der Waals surface area contributed by atoms with E-state index < -0.39 is 0 Å². The van der Waals surface area contributed by atoms with E-state index in [9.17, 15) is 4.79 Å². The molecule has 2 aliphatic rings. The molecular weight excluding hydrogens is 214 g/mol. The number of ether oxygens (including phenoxy) is 1. The van der Waals surface area contributed by atoms with Crippen molar-refractivity contribution in [2.45, 2.75) is 31.7 Å². The van der Waals surface area contributed by atoms with Gasteiger partial charge in [0.05, 0.1) is 13.2 Å². The van der Waals surface area contributed by atoms with Crippen molar-refractivity contribution in [3.8, 4) is 5.75 Å². The summed E-state index contributed by atoms with van der Waals surface area (Å²) in [6.45, 7) is 0.917. The molecule has 1 aromatic rings. The fourth-order valence-corrected chi connectivity index (χ4v) is 3.01. The Kier molecular flexibility index (Phi) is 2.54. The topological polar surface area (TPSA) is 29.5 Å². The molecule has 3 heteroatoms. The first-order valence-electron chi connectivity index (χ1n) is 6.26. The van der Waals surface area contributed by atoms with Crippen LogP contribution in [0.1, 0.15) is 36.4 Å². The van der Waals surface area contributed by atoms with E-state index in [1.54, 1.807) is 7.11 Å². The molecule has 1 aliphatic heterocycles. The smallest absolute Gasteiger partial charge is 0.223 e. The molecule has 1 heterocycles. The van der Waals surface area contributed by atoms with Crippen LogP contribution in [0, 0.1) is 0 Å². The second-order valence-electron chi connectivity index (χ2n) is 4.81. The molecule has 0 radical (unpaired) electrons. The van der Waals surface area contributed by atoms with Gasteiger partial charge in [-0.2, -0.15) is 0 Å². The van der Waals surface area contributed by atoms with Crippen LogP contribution >= 0.6 is 0 Å². The summed E-state index contributed by atoms with van der Waals surface area (Å²) in [7, 11) is 1.69. The number of nitrogens with zero attached hydrogens (tertiary/aromatic N) is 1. The molecule has 1 amide bonds. The molecule has 1 saturated heterocycles. The van der Waals surface area contributed by atoms with E-state index in [1.165, 1.54) is 11.1 Å². The highest BCUT2D eigenvalue weighted by Crippen LogP contribution is 2.39. The first-order valence-corrected chi connectivity index (χ1v) is 6.26. The molecule has 0 bridgehead atoms. The predicted octanol–water partition coefficient (Wildman–Crippen LogP) is 2.30. The molecule has 0 saturated carbocycles. The number of rotatable bonds is 2. The molecule has 1 atom stereocenters. The Morgan fingerprint density at radius 1 is 1.35 bits per heavy atom. The largest absolute Gasteiger partial charge is 0.497 e. The monoisotopic (exact) mass is 231 g/mol. The van der Waals surface area contributed by atoms with Crippen molar-refractivity contribution in [1.82, 2.24) is 4.90 Å². The third-order valence-corrected chi connectivity index (χ3v) is 3.89. The van der Waals surface area contributed by atoms with Crippen LogP contribution in [-0.4, -0.2) is 24.5 Å². The number of benzene rings is 1. The van der Waals surface area contributed by atoms with Gasteiger partial charge in [-0.05, 0) is 42.5 Å². The highest BCUT2D eigenvalue weighted by atomic mass is 16.5. The summed E-state index contributed by atoms with van der Waals surface area (Å²) in [5, 5.41) is 0. The minimum atomic E-state index is 0.287. The minimum absolute atomic E-state index is 0.287. The van der Waals surface area contributed by atoms with Crippen LogP contribution in [0.15, 0.2) is 18.2 Å². The standard InChI is InChI=1S/C14H17NO2/c1-17-11-6-4-10-5-7-13(12(10)9-11)15-8-2-3-14(15)16/h4,6,9,13H,2-3,5,7-8H2,1H3/t13-/m1/s1. The predicted molar refractivity (Wildman–Crippen MR) is 65.0 cm³/mol. The molecule has 0 N–H and O–H groups in total. The number of aryl methyl sites for hydroxylation is 1. The molecule has 0 aromatic heterocycles. The highest BCUT2D eigenvalue weighted by Gasteiger charge is 2.33. The van der Waals surface area contributed by atoms with Crippen LogP contribution in [-0.2, 0) is 11.2 Å². The van der Waals surface area contributed by atoms with Gasteiger partial charge in [0.1, 0.15) is 5.75 Å². The lowest BCUT2D eigenvalue weighted by atomic mass is 10.1. The quantitative estimate of drug-likeness (QED) is 0.781. The average molecular weight is 231 g/mol. The van der Waals surface area contributed by atoms with Gasteiger partial charge in [0.25, 0.3) is 0 Å². The molecule has 1 fully saturated rings. The van der Waals surface area contributed by atoms with Crippen LogP contribution in [0.25, 0.3) is 0 Å². The lowest BCUT2D eigenvalue weighted by Gasteiger charge is -2.24. The van der Waals surface area contributed by atoms with Gasteiger partial charge in [0.2, 0.25) is 5.91 Å². The maximum atomic E-state index is 11.8. The lowest BCUT2D eigenvalue weighted by Crippen LogP contribution is -2.28. The van der Waals surface area contributed by atoms with Gasteiger partial charge in [0.15, 0.2) is 0 Å². The Labute approximate surface area is 101 Å². The number of fused-ring (bicyclic) bond motifs is 1. The number of hydrogen-bond donors (Lipinski definition) is 0. The second kappa shape index (κ2) is 4.06. The summed E-state index contributed by atoms with van der Waals surface area (Å²) in [6.07, 6.45) is 3.87. The van der Waals surface area contributed by atoms with Crippen molar-refractivity contribution < 1.29 is 9.53 Å². The molecule has 1 aliphatic carbocycles. The Bertz CT molecular complexity index is 456. The first kappa shape index (κ1) is 10.6. The van der Waals surface area contributed by atoms with E-state index in [4.69, 9.17) is 4.74 Å². The maximum Gasteiger partial charge on any atom is 0.223 e. The third-order valence-electron chi connectivity index (χ3n) is 3.89. The summed E-state index contributed by atoms with van der Waals surface area (Å²) < 4.78 is 5.27. The molecule has 1 aromatic carbocycles. The fraction of sp³-hybridized carbons (Fsp3) is 0.500. The lowest BCUT2D eigenvalue weighted by molar-refractivity contribution is -0.129. The van der Waals surface area contributed by atoms with Gasteiger partial charge in [-0.25, -0.2) is 0 Å². The molecular formula is C14H17NO2. The zero-order valence-corrected chi connectivity index (χ0v) is 10.1. The number of carbonyl (C=O) groups excluding carboxylic acids is 1. The Morgan fingerprint density at radius 3 is 2.94 bits per heavy atom. The Hall–Kier alpha value is -1.51. The third kappa shape index (κ3) is 1.70. The molecule has 90 valence electrons. The van der Waals surface area contributed by atoms with Crippen molar-refractivity contribution in [1.29, 1.82) is 0 Å². The summed E-state index contributed by atoms with van der Waals surface area (Å²) in [5.41, 5.74) is 2.66. The average Bonchev–Trinajstić information content (AvgIpc) is 2.94. The first-order chi connectivity index (χ1) is 8.29. The van der Waals surface area contributed by atoms with Gasteiger partial charge < -0.3 is 9.64 Å². The van der Waals surface area contributed by atoms with Crippen LogP contribution in [0.2, 0.25) is 0 Å². The maximum absolute atomic E-state index is 11.8. The Morgan fingerprint density at radius 2 is 2.24 bits per heavy atom. The van der Waals surface area contributed by atoms with E-state index in [0.717, 1.165) is 38.0 Å². The second-order valence-corrected chi connectivity index (χ2v) is 4.81. The molecule has 0 unspecified atom stereocenters. The summed E-state index contributed by atoms with van der Waals surface area (Å²) in [5.74, 6) is 1.20. The van der Waals surface area contributed by atoms with Crippen LogP contribution in [0.5, 0.6) is 5.75 Å². The van der Waals surface area contributed by atoms with Crippen molar-refractivity contribution >= 4 is 5.91 Å². The van der Waals surface area contributed by atoms with Gasteiger partial charge in [0, 0.05) is 13.0 Å². The highest BCUT2D eigenvalue weighted by molar-refractivity contribution is 5.78. The van der Waals surface area contributed by atoms with Gasteiger partial charge in [-0.3, -0.25) is 4.79 Å². The van der Waals surface area contributed by atoms with Crippen molar-refractivity contribution in [3.63, 3.8) is 0 Å². The van der Waals surface area contributed by atoms with Gasteiger partial charge in [-0.15, -0.1) is 0 Å². The number of hydrogen-bond acceptors (Lipinski definition) is 2. The van der Waals surface area contributed by atoms with Crippen molar-refractivity contribution in [3.05, 3.63) is 29.3 Å². The van der Waals surface area contributed by atoms with Gasteiger partial charge in [-0.1, -0.05) is 6.07 Å². The van der Waals surface area contributed by atoms with E-state index in [-0.39, 0.29) is 6.04 Å². The van der Waals surface area contributed by atoms with Crippen LogP contribution < -0.4 is 4.74 Å². The van der Waals surface area contributed by atoms with Crippen LogP contribution in [0.3, 0.4) is 0 Å². The van der Waals surface area contributed by atoms with Crippen LogP contribution in [0.4, 0.5) is 0 Å². The minimum Gasteiger partial charge on any atom is -0.497 e. The number of amides is 1. The molecule has 3 nitrogen and oxygen atoms in total. The Balaban J connectivity index is 1.94. The van der Waals surface area contributed by atoms with E-state index in [2.05, 4.69) is 12.1 Å². The van der Waals surface area contributed by atoms with Gasteiger partial charge >= 0.3 is 0 Å². The van der Waals surface area contributed by atoms with E-state index in [1.807, 2.05) is 11.0 Å². The zero-order valence-electron chi connectivity index (χ0n) is 10.1. The zero-order chi connectivity index (χ0) is 11.8. The molecule has 3 rings (SSSR count). The van der Waals surface area contributed by atoms with Crippen molar-refractivity contribution in [2.24, 2.45) is 0 Å². The fourth-order valence-electron chi connectivity index (χ4n) is 3.01. The molecule has 17 heavy (non-hydrogen) atoms. The molecule has 0 spiro atoms. The summed E-state index contributed by atoms with van der Waals surface area (Å²) in [4.78, 5) is 13.9. The summed E-state index contributed by atoms with van der Waals surface area (Å²) >= 11 is 0. The SMILES string of the molecule is COc1ccc2c(c1)[C@H](N1CCCC1=O)CC2.